The Morgan fingerprint density at radius 2 is 1.90 bits per heavy atom. The van der Waals surface area contributed by atoms with Gasteiger partial charge in [0.25, 0.3) is 5.91 Å². The van der Waals surface area contributed by atoms with E-state index < -0.39 is 0 Å². The molecule has 0 unspecified atom stereocenters. The van der Waals surface area contributed by atoms with Crippen molar-refractivity contribution in [1.82, 2.24) is 4.57 Å². The van der Waals surface area contributed by atoms with Gasteiger partial charge in [-0.05, 0) is 86.1 Å². The molecule has 2 aliphatic rings. The maximum Gasteiger partial charge on any atom is 0.250 e. The lowest BCUT2D eigenvalue weighted by Gasteiger charge is -2.32. The fraction of sp³-hybridized carbons (Fsp3) is 0.500. The van der Waals surface area contributed by atoms with Crippen molar-refractivity contribution in [3.63, 3.8) is 0 Å². The van der Waals surface area contributed by atoms with Gasteiger partial charge in [-0.3, -0.25) is 4.79 Å². The Bertz CT molecular complexity index is 990. The van der Waals surface area contributed by atoms with Gasteiger partial charge in [-0.15, -0.1) is 0 Å². The summed E-state index contributed by atoms with van der Waals surface area (Å²) in [5.74, 6) is 0.407. The number of amides is 1. The summed E-state index contributed by atoms with van der Waals surface area (Å²) in [6.45, 7) is 13.5. The zero-order valence-electron chi connectivity index (χ0n) is 18.8. The molecule has 1 saturated carbocycles. The van der Waals surface area contributed by atoms with Crippen LogP contribution in [-0.4, -0.2) is 16.5 Å². The summed E-state index contributed by atoms with van der Waals surface area (Å²) in [5, 5.41) is 3.64. The van der Waals surface area contributed by atoms with E-state index in [2.05, 4.69) is 56.4 Å². The van der Waals surface area contributed by atoms with Crippen LogP contribution >= 0.6 is 0 Å². The minimum Gasteiger partial charge on any atom is -0.382 e. The van der Waals surface area contributed by atoms with E-state index in [1.807, 2.05) is 12.1 Å². The second-order valence-electron chi connectivity index (χ2n) is 10.3. The molecule has 0 aliphatic heterocycles. The quantitative estimate of drug-likeness (QED) is 0.669. The lowest BCUT2D eigenvalue weighted by atomic mass is 9.74. The molecule has 0 spiro atoms. The highest BCUT2D eigenvalue weighted by atomic mass is 16.1. The van der Waals surface area contributed by atoms with Gasteiger partial charge in [-0.2, -0.15) is 0 Å². The van der Waals surface area contributed by atoms with Gasteiger partial charge in [0.2, 0.25) is 0 Å². The molecule has 0 saturated heterocycles. The average molecular weight is 406 g/mol. The normalized spacial score (nSPS) is 23.1. The SMILES string of the molecule is C=C1CC(C)(C)Cc2c1c(C)cn2-c1ccc(C(N)=O)c(NC2CCC(C)CC2)c1. The van der Waals surface area contributed by atoms with Crippen LogP contribution in [0.4, 0.5) is 5.69 Å². The molecule has 1 aromatic heterocycles. The number of hydrogen-bond donors (Lipinski definition) is 2. The smallest absolute Gasteiger partial charge is 0.250 e. The maximum absolute atomic E-state index is 12.1. The molecule has 3 N–H and O–H groups in total. The molecule has 4 heteroatoms. The Morgan fingerprint density at radius 3 is 2.57 bits per heavy atom. The number of nitrogens with zero attached hydrogens (tertiary/aromatic N) is 1. The van der Waals surface area contributed by atoms with Crippen molar-refractivity contribution < 1.29 is 4.79 Å². The number of fused-ring (bicyclic) bond motifs is 1. The van der Waals surface area contributed by atoms with Crippen LogP contribution in [0.25, 0.3) is 11.3 Å². The van der Waals surface area contributed by atoms with Gasteiger partial charge in [0.15, 0.2) is 0 Å². The van der Waals surface area contributed by atoms with Crippen molar-refractivity contribution in [3.05, 3.63) is 53.4 Å². The zero-order valence-corrected chi connectivity index (χ0v) is 18.8. The molecular formula is C26H35N3O. The Hall–Kier alpha value is -2.49. The number of carbonyl (C=O) groups excluding carboxylic acids is 1. The highest BCUT2D eigenvalue weighted by Gasteiger charge is 2.32. The molecule has 4 rings (SSSR count). The van der Waals surface area contributed by atoms with E-state index in [0.717, 1.165) is 43.0 Å². The summed E-state index contributed by atoms with van der Waals surface area (Å²) in [5.41, 5.74) is 13.5. The zero-order chi connectivity index (χ0) is 21.6. The maximum atomic E-state index is 12.1. The Morgan fingerprint density at radius 1 is 1.20 bits per heavy atom. The predicted octanol–water partition coefficient (Wildman–Crippen LogP) is 5.86. The van der Waals surface area contributed by atoms with Crippen LogP contribution in [0.2, 0.25) is 0 Å². The summed E-state index contributed by atoms with van der Waals surface area (Å²) >= 11 is 0. The first-order chi connectivity index (χ1) is 14.1. The van der Waals surface area contributed by atoms with Gasteiger partial charge >= 0.3 is 0 Å². The monoisotopic (exact) mass is 405 g/mol. The van der Waals surface area contributed by atoms with Crippen LogP contribution in [0.3, 0.4) is 0 Å². The molecule has 4 nitrogen and oxygen atoms in total. The highest BCUT2D eigenvalue weighted by Crippen LogP contribution is 2.43. The summed E-state index contributed by atoms with van der Waals surface area (Å²) in [6.07, 6.45) is 8.97. The largest absolute Gasteiger partial charge is 0.382 e. The van der Waals surface area contributed by atoms with E-state index in [1.54, 1.807) is 0 Å². The summed E-state index contributed by atoms with van der Waals surface area (Å²) in [7, 11) is 0. The van der Waals surface area contributed by atoms with Gasteiger partial charge in [-0.1, -0.05) is 27.4 Å². The number of aromatic nitrogens is 1. The third kappa shape index (κ3) is 3.92. The molecule has 0 atom stereocenters. The Labute approximate surface area is 180 Å². The first-order valence-corrected chi connectivity index (χ1v) is 11.2. The molecule has 160 valence electrons. The van der Waals surface area contributed by atoms with Crippen molar-refractivity contribution in [3.8, 4) is 5.69 Å². The molecular weight excluding hydrogens is 370 g/mol. The molecule has 1 heterocycles. The molecule has 1 aromatic carbocycles. The standard InChI is InChI=1S/C26H35N3O/c1-16-6-8-19(9-7-16)28-22-12-20(10-11-21(22)25(27)30)29-15-18(3)24-17(2)13-26(4,5)14-23(24)29/h10-12,15-16,19,28H,2,6-9,13-14H2,1,3-5H3,(H2,27,30). The summed E-state index contributed by atoms with van der Waals surface area (Å²) in [4.78, 5) is 12.1. The summed E-state index contributed by atoms with van der Waals surface area (Å²) < 4.78 is 2.29. The van der Waals surface area contributed by atoms with Gasteiger partial charge in [0, 0.05) is 34.9 Å². The van der Waals surface area contributed by atoms with Gasteiger partial charge < -0.3 is 15.6 Å². The van der Waals surface area contributed by atoms with Crippen LogP contribution in [-0.2, 0) is 6.42 Å². The Kier molecular flexibility index (Phi) is 5.29. The van der Waals surface area contributed by atoms with Crippen LogP contribution in [0.1, 0.15) is 80.1 Å². The van der Waals surface area contributed by atoms with Crippen molar-refractivity contribution in [2.45, 2.75) is 72.3 Å². The van der Waals surface area contributed by atoms with Crippen LogP contribution < -0.4 is 11.1 Å². The minimum atomic E-state index is -0.381. The number of allylic oxidation sites excluding steroid dienone is 1. The minimum absolute atomic E-state index is 0.194. The van der Waals surface area contributed by atoms with E-state index in [4.69, 9.17) is 5.73 Å². The van der Waals surface area contributed by atoms with Crippen molar-refractivity contribution >= 4 is 17.2 Å². The van der Waals surface area contributed by atoms with Crippen molar-refractivity contribution in [2.24, 2.45) is 17.1 Å². The number of benzene rings is 1. The van der Waals surface area contributed by atoms with E-state index in [0.29, 0.717) is 11.6 Å². The number of aryl methyl sites for hydroxylation is 1. The second-order valence-corrected chi connectivity index (χ2v) is 10.3. The fourth-order valence-corrected chi connectivity index (χ4v) is 5.39. The number of rotatable bonds is 4. The number of carbonyl (C=O) groups is 1. The molecule has 1 amide bonds. The lowest BCUT2D eigenvalue weighted by molar-refractivity contribution is 0.100. The van der Waals surface area contributed by atoms with E-state index in [1.165, 1.54) is 35.2 Å². The number of anilines is 1. The first kappa shape index (κ1) is 20.8. The molecule has 30 heavy (non-hydrogen) atoms. The van der Waals surface area contributed by atoms with Gasteiger partial charge in [0.05, 0.1) is 5.56 Å². The second kappa shape index (κ2) is 7.64. The average Bonchev–Trinajstić information content (AvgIpc) is 2.98. The first-order valence-electron chi connectivity index (χ1n) is 11.2. The van der Waals surface area contributed by atoms with Crippen LogP contribution in [0.5, 0.6) is 0 Å². The Balaban J connectivity index is 1.73. The molecule has 2 aliphatic carbocycles. The van der Waals surface area contributed by atoms with Gasteiger partial charge in [-0.25, -0.2) is 0 Å². The van der Waals surface area contributed by atoms with E-state index >= 15 is 0 Å². The van der Waals surface area contributed by atoms with Crippen LogP contribution in [0, 0.1) is 18.3 Å². The fourth-order valence-electron chi connectivity index (χ4n) is 5.39. The van der Waals surface area contributed by atoms with E-state index in [-0.39, 0.29) is 11.3 Å². The van der Waals surface area contributed by atoms with Crippen molar-refractivity contribution in [2.75, 3.05) is 5.32 Å². The predicted molar refractivity (Wildman–Crippen MR) is 125 cm³/mol. The molecule has 0 bridgehead atoms. The number of primary amides is 1. The number of nitrogens with two attached hydrogens (primary N) is 1. The molecule has 1 fully saturated rings. The third-order valence-corrected chi connectivity index (χ3v) is 6.91. The van der Waals surface area contributed by atoms with E-state index in [9.17, 15) is 4.79 Å². The van der Waals surface area contributed by atoms with Crippen molar-refractivity contribution in [1.29, 1.82) is 0 Å². The lowest BCUT2D eigenvalue weighted by Crippen LogP contribution is -2.27. The topological polar surface area (TPSA) is 60.0 Å². The molecule has 2 aromatic rings. The number of nitrogens with one attached hydrogen (secondary N) is 1. The molecule has 0 radical (unpaired) electrons. The van der Waals surface area contributed by atoms with Gasteiger partial charge in [0.1, 0.15) is 0 Å². The highest BCUT2D eigenvalue weighted by molar-refractivity contribution is 5.99. The third-order valence-electron chi connectivity index (χ3n) is 6.91. The van der Waals surface area contributed by atoms with Crippen LogP contribution in [0.15, 0.2) is 31.0 Å². The number of hydrogen-bond acceptors (Lipinski definition) is 2. The summed E-state index contributed by atoms with van der Waals surface area (Å²) in [6, 6.07) is 6.38.